The normalized spacial score (nSPS) is 16.2. The van der Waals surface area contributed by atoms with Gasteiger partial charge in [0, 0.05) is 36.5 Å². The van der Waals surface area contributed by atoms with Crippen molar-refractivity contribution in [2.24, 2.45) is 5.92 Å². The van der Waals surface area contributed by atoms with Gasteiger partial charge in [-0.05, 0) is 35.3 Å². The number of ketones is 1. The van der Waals surface area contributed by atoms with E-state index in [1.807, 2.05) is 24.3 Å². The third-order valence-corrected chi connectivity index (χ3v) is 6.73. The lowest BCUT2D eigenvalue weighted by Gasteiger charge is -2.29. The molecular weight excluding hydrogens is 456 g/mol. The summed E-state index contributed by atoms with van der Waals surface area (Å²) >= 11 is 1.34. The van der Waals surface area contributed by atoms with E-state index in [1.165, 1.54) is 42.0 Å². The summed E-state index contributed by atoms with van der Waals surface area (Å²) in [7, 11) is 1.20. The number of piperidine rings is 1. The maximum absolute atomic E-state index is 12.6. The number of nitro groups is 1. The number of hydrogen-bond acceptors (Lipinski definition) is 7. The number of hydrogen-bond donors (Lipinski definition) is 0. The summed E-state index contributed by atoms with van der Waals surface area (Å²) in [6, 6.07) is 12.6. The predicted molar refractivity (Wildman–Crippen MR) is 128 cm³/mol. The average molecular weight is 483 g/mol. The molecule has 1 heterocycles. The zero-order valence-electron chi connectivity index (χ0n) is 19.2. The van der Waals surface area contributed by atoms with Gasteiger partial charge in [0.25, 0.3) is 5.69 Å². The summed E-state index contributed by atoms with van der Waals surface area (Å²) in [5.41, 5.74) is 1.56. The van der Waals surface area contributed by atoms with Gasteiger partial charge in [-0.25, -0.2) is 0 Å². The summed E-state index contributed by atoms with van der Waals surface area (Å²) in [5.74, 6) is -1.99. The molecule has 0 aromatic heterocycles. The van der Waals surface area contributed by atoms with E-state index in [-0.39, 0.29) is 42.8 Å². The van der Waals surface area contributed by atoms with E-state index in [9.17, 15) is 24.5 Å². The molecule has 1 amide bonds. The van der Waals surface area contributed by atoms with Crippen molar-refractivity contribution in [3.05, 3.63) is 69.8 Å². The molecule has 0 spiro atoms. The second kappa shape index (κ2) is 11.1. The summed E-state index contributed by atoms with van der Waals surface area (Å²) in [4.78, 5) is 50.5. The van der Waals surface area contributed by atoms with Crippen LogP contribution in [0.25, 0.3) is 6.08 Å². The Bertz CT molecular complexity index is 1140. The van der Waals surface area contributed by atoms with Gasteiger partial charge in [0.05, 0.1) is 16.9 Å². The van der Waals surface area contributed by atoms with Crippen LogP contribution in [0.1, 0.15) is 37.3 Å². The van der Waals surface area contributed by atoms with Crippen molar-refractivity contribution in [2.75, 3.05) is 20.2 Å². The first-order chi connectivity index (χ1) is 16.2. The smallest absolute Gasteiger partial charge is 0.318 e. The third kappa shape index (κ3) is 5.91. The Balaban J connectivity index is 1.78. The molecule has 1 unspecified atom stereocenters. The molecule has 0 aliphatic carbocycles. The standard InChI is InChI=1S/C25H26N2O6S/c1-16(2)18-6-4-5-7-22(18)34-23-10-8-17(14-20(23)27(31)32)9-11-24(29)26-13-12-21(28)19(15-26)25(30)33-3/h4-11,14,16,19H,12-13,15H2,1-3H3. The highest BCUT2D eigenvalue weighted by molar-refractivity contribution is 7.99. The van der Waals surface area contributed by atoms with Gasteiger partial charge in [-0.2, -0.15) is 0 Å². The Labute approximate surface area is 202 Å². The van der Waals surface area contributed by atoms with Crippen LogP contribution in [0.3, 0.4) is 0 Å². The van der Waals surface area contributed by atoms with E-state index in [2.05, 4.69) is 18.6 Å². The van der Waals surface area contributed by atoms with E-state index < -0.39 is 16.8 Å². The van der Waals surface area contributed by atoms with E-state index in [1.54, 1.807) is 12.1 Å². The molecule has 0 N–H and O–H groups in total. The molecule has 1 atom stereocenters. The van der Waals surface area contributed by atoms with Gasteiger partial charge in [-0.1, -0.05) is 49.9 Å². The van der Waals surface area contributed by atoms with Crippen molar-refractivity contribution in [2.45, 2.75) is 36.0 Å². The molecule has 3 rings (SSSR count). The summed E-state index contributed by atoms with van der Waals surface area (Å²) in [5, 5.41) is 11.7. The number of amides is 1. The van der Waals surface area contributed by atoms with Gasteiger partial charge >= 0.3 is 5.97 Å². The lowest BCUT2D eigenvalue weighted by Crippen LogP contribution is -2.46. The number of carbonyl (C=O) groups excluding carboxylic acids is 3. The number of benzene rings is 2. The number of carbonyl (C=O) groups is 3. The first-order valence-corrected chi connectivity index (χ1v) is 11.7. The largest absolute Gasteiger partial charge is 0.468 e. The highest BCUT2D eigenvalue weighted by Crippen LogP contribution is 2.39. The lowest BCUT2D eigenvalue weighted by atomic mass is 9.96. The first-order valence-electron chi connectivity index (χ1n) is 10.8. The molecule has 1 fully saturated rings. The van der Waals surface area contributed by atoms with Crippen molar-refractivity contribution in [1.29, 1.82) is 0 Å². The fourth-order valence-corrected chi connectivity index (χ4v) is 4.87. The van der Waals surface area contributed by atoms with Gasteiger partial charge < -0.3 is 9.64 Å². The van der Waals surface area contributed by atoms with Gasteiger partial charge in [-0.3, -0.25) is 24.5 Å². The SMILES string of the molecule is COC(=O)C1CN(C(=O)C=Cc2ccc(Sc3ccccc3C(C)C)c([N+](=O)[O-])c2)CCC1=O. The van der Waals surface area contributed by atoms with E-state index in [4.69, 9.17) is 0 Å². The second-order valence-electron chi connectivity index (χ2n) is 8.19. The van der Waals surface area contributed by atoms with Crippen LogP contribution in [0.5, 0.6) is 0 Å². The minimum atomic E-state index is -0.984. The number of nitro benzene ring substituents is 1. The molecule has 9 heteroatoms. The number of Topliss-reactive ketones (excluding diaryl/α,β-unsaturated/α-hetero) is 1. The lowest BCUT2D eigenvalue weighted by molar-refractivity contribution is -0.387. The molecule has 178 valence electrons. The zero-order valence-corrected chi connectivity index (χ0v) is 20.0. The van der Waals surface area contributed by atoms with Gasteiger partial charge in [0.15, 0.2) is 5.78 Å². The highest BCUT2D eigenvalue weighted by atomic mass is 32.2. The Morgan fingerprint density at radius 3 is 2.62 bits per heavy atom. The van der Waals surface area contributed by atoms with Crippen LogP contribution in [0.15, 0.2) is 58.3 Å². The molecule has 1 aliphatic heterocycles. The molecule has 0 saturated carbocycles. The second-order valence-corrected chi connectivity index (χ2v) is 9.27. The number of likely N-dealkylation sites (tertiary alicyclic amines) is 1. The Kier molecular flexibility index (Phi) is 8.22. The van der Waals surface area contributed by atoms with Crippen LogP contribution in [-0.2, 0) is 19.1 Å². The zero-order chi connectivity index (χ0) is 24.8. The molecule has 1 saturated heterocycles. The average Bonchev–Trinajstić information content (AvgIpc) is 2.83. The summed E-state index contributed by atoms with van der Waals surface area (Å²) in [6.45, 7) is 4.31. The fourth-order valence-electron chi connectivity index (χ4n) is 3.69. The van der Waals surface area contributed by atoms with E-state index in [0.717, 1.165) is 10.5 Å². The monoisotopic (exact) mass is 482 g/mol. The minimum Gasteiger partial charge on any atom is -0.468 e. The van der Waals surface area contributed by atoms with Crippen molar-refractivity contribution < 1.29 is 24.0 Å². The van der Waals surface area contributed by atoms with Crippen molar-refractivity contribution in [3.8, 4) is 0 Å². The fraction of sp³-hybridized carbons (Fsp3) is 0.320. The Hall–Kier alpha value is -3.46. The van der Waals surface area contributed by atoms with Gasteiger partial charge in [0.1, 0.15) is 5.92 Å². The van der Waals surface area contributed by atoms with Crippen molar-refractivity contribution in [3.63, 3.8) is 0 Å². The van der Waals surface area contributed by atoms with Crippen molar-refractivity contribution >= 4 is 41.2 Å². The number of ether oxygens (including phenoxy) is 1. The predicted octanol–water partition coefficient (Wildman–Crippen LogP) is 4.47. The van der Waals surface area contributed by atoms with Crippen LogP contribution in [-0.4, -0.2) is 47.7 Å². The molecule has 34 heavy (non-hydrogen) atoms. The van der Waals surface area contributed by atoms with E-state index >= 15 is 0 Å². The van der Waals surface area contributed by atoms with Crippen LogP contribution in [0.4, 0.5) is 5.69 Å². The van der Waals surface area contributed by atoms with Crippen LogP contribution in [0.2, 0.25) is 0 Å². The topological polar surface area (TPSA) is 107 Å². The third-order valence-electron chi connectivity index (χ3n) is 5.58. The van der Waals surface area contributed by atoms with Crippen LogP contribution < -0.4 is 0 Å². The molecule has 2 aromatic rings. The Morgan fingerprint density at radius 2 is 1.94 bits per heavy atom. The highest BCUT2D eigenvalue weighted by Gasteiger charge is 2.34. The van der Waals surface area contributed by atoms with E-state index in [0.29, 0.717) is 10.5 Å². The van der Waals surface area contributed by atoms with Crippen LogP contribution >= 0.6 is 11.8 Å². The van der Waals surface area contributed by atoms with Crippen molar-refractivity contribution in [1.82, 2.24) is 4.90 Å². The quantitative estimate of drug-likeness (QED) is 0.188. The minimum absolute atomic E-state index is 0.0420. The van der Waals surface area contributed by atoms with Crippen LogP contribution in [0, 0.1) is 16.0 Å². The molecule has 1 aliphatic rings. The van der Waals surface area contributed by atoms with Gasteiger partial charge in [0.2, 0.25) is 5.91 Å². The Morgan fingerprint density at radius 1 is 1.21 bits per heavy atom. The number of esters is 1. The molecule has 2 aromatic carbocycles. The summed E-state index contributed by atoms with van der Waals surface area (Å²) in [6.07, 6.45) is 2.87. The maximum Gasteiger partial charge on any atom is 0.318 e. The summed E-state index contributed by atoms with van der Waals surface area (Å²) < 4.78 is 4.65. The molecular formula is C25H26N2O6S. The number of rotatable bonds is 7. The number of nitrogens with zero attached hydrogens (tertiary/aromatic N) is 2. The first kappa shape index (κ1) is 25.2. The number of methoxy groups -OCH3 is 1. The molecule has 8 nitrogen and oxygen atoms in total. The molecule has 0 radical (unpaired) electrons. The van der Waals surface area contributed by atoms with Gasteiger partial charge in [-0.15, -0.1) is 0 Å². The molecule has 0 bridgehead atoms. The maximum atomic E-state index is 12.6.